The molecule has 1 heterocycles. The average Bonchev–Trinajstić information content (AvgIpc) is 2.86. The van der Waals surface area contributed by atoms with Gasteiger partial charge in [0.05, 0.1) is 6.61 Å². The molecule has 2 aromatic rings. The number of allylic oxidation sites excluding steroid dienone is 4. The number of rotatable bonds is 6. The maximum atomic E-state index is 13.2. The fourth-order valence-corrected chi connectivity index (χ4v) is 5.74. The number of hydrogen-bond donors (Lipinski definition) is 0. The summed E-state index contributed by atoms with van der Waals surface area (Å²) in [6.45, 7) is 2.71. The van der Waals surface area contributed by atoms with E-state index in [9.17, 15) is 9.59 Å². The van der Waals surface area contributed by atoms with Gasteiger partial charge in [-0.15, -0.1) is 0 Å². The number of carbonyl (C=O) groups excluding carboxylic acids is 2. The van der Waals surface area contributed by atoms with E-state index in [0.717, 1.165) is 59.4 Å². The maximum absolute atomic E-state index is 13.2. The van der Waals surface area contributed by atoms with E-state index in [4.69, 9.17) is 21.1 Å². The van der Waals surface area contributed by atoms with E-state index < -0.39 is 0 Å². The number of Topliss-reactive ketones (excluding diaryl/α,β-unsaturated/α-hetero) is 2. The summed E-state index contributed by atoms with van der Waals surface area (Å²) < 4.78 is 12.1. The van der Waals surface area contributed by atoms with Crippen LogP contribution in [-0.2, 0) is 16.2 Å². The molecule has 0 fully saturated rings. The average molecular weight is 492 g/mol. The second-order valence-corrected chi connectivity index (χ2v) is 9.69. The van der Waals surface area contributed by atoms with E-state index in [1.165, 1.54) is 0 Å². The van der Waals surface area contributed by atoms with Crippen LogP contribution in [0.2, 0.25) is 5.02 Å². The first-order chi connectivity index (χ1) is 17.0. The van der Waals surface area contributed by atoms with Gasteiger partial charge in [-0.2, -0.15) is 0 Å². The normalized spacial score (nSPS) is 18.5. The molecule has 182 valence electrons. The number of nitrogens with zero attached hydrogens (tertiary/aromatic N) is 1. The zero-order valence-electron chi connectivity index (χ0n) is 20.2. The lowest BCUT2D eigenvalue weighted by Crippen LogP contribution is -2.37. The molecule has 0 aromatic heterocycles. The molecule has 5 rings (SSSR count). The lowest BCUT2D eigenvalue weighted by Gasteiger charge is -2.42. The Balaban J connectivity index is 1.56. The third-order valence-electron chi connectivity index (χ3n) is 7.19. The molecule has 0 N–H and O–H groups in total. The molecule has 2 aromatic carbocycles. The molecule has 0 spiro atoms. The van der Waals surface area contributed by atoms with Crippen molar-refractivity contribution in [3.8, 4) is 11.5 Å². The SMILES string of the molecule is CCOc1cc(C2C3=C(CCCC3=O)N(C)C3=C2C(=O)CCC3)ccc1OCc1ccccc1Cl. The molecule has 0 unspecified atom stereocenters. The number of benzene rings is 2. The molecule has 5 nitrogen and oxygen atoms in total. The zero-order valence-corrected chi connectivity index (χ0v) is 21.0. The highest BCUT2D eigenvalue weighted by Gasteiger charge is 2.42. The molecule has 0 radical (unpaired) electrons. The first-order valence-electron chi connectivity index (χ1n) is 12.4. The van der Waals surface area contributed by atoms with Gasteiger partial charge in [-0.25, -0.2) is 0 Å². The number of halogens is 1. The molecule has 1 aliphatic heterocycles. The van der Waals surface area contributed by atoms with Crippen molar-refractivity contribution in [1.29, 1.82) is 0 Å². The van der Waals surface area contributed by atoms with Crippen molar-refractivity contribution >= 4 is 23.2 Å². The van der Waals surface area contributed by atoms with Crippen LogP contribution in [0.3, 0.4) is 0 Å². The lowest BCUT2D eigenvalue weighted by atomic mass is 9.71. The minimum absolute atomic E-state index is 0.144. The summed E-state index contributed by atoms with van der Waals surface area (Å²) >= 11 is 6.30. The van der Waals surface area contributed by atoms with Crippen LogP contribution < -0.4 is 9.47 Å². The summed E-state index contributed by atoms with van der Waals surface area (Å²) in [6.07, 6.45) is 4.47. The molecule has 0 saturated carbocycles. The molecule has 0 atom stereocenters. The molecule has 2 aliphatic carbocycles. The van der Waals surface area contributed by atoms with Crippen molar-refractivity contribution in [1.82, 2.24) is 4.90 Å². The van der Waals surface area contributed by atoms with Crippen LogP contribution in [0, 0.1) is 0 Å². The van der Waals surface area contributed by atoms with Gasteiger partial charge in [0.15, 0.2) is 23.1 Å². The van der Waals surface area contributed by atoms with Gasteiger partial charge < -0.3 is 14.4 Å². The summed E-state index contributed by atoms with van der Waals surface area (Å²) in [4.78, 5) is 28.6. The van der Waals surface area contributed by atoms with E-state index in [-0.39, 0.29) is 17.5 Å². The Labute approximate surface area is 211 Å². The number of hydrogen-bond acceptors (Lipinski definition) is 5. The van der Waals surface area contributed by atoms with Crippen molar-refractivity contribution in [2.75, 3.05) is 13.7 Å². The molecule has 35 heavy (non-hydrogen) atoms. The van der Waals surface area contributed by atoms with Crippen molar-refractivity contribution in [2.24, 2.45) is 0 Å². The Morgan fingerprint density at radius 3 is 2.17 bits per heavy atom. The second-order valence-electron chi connectivity index (χ2n) is 9.29. The lowest BCUT2D eigenvalue weighted by molar-refractivity contribution is -0.117. The van der Waals surface area contributed by atoms with Crippen molar-refractivity contribution in [2.45, 2.75) is 58.0 Å². The minimum Gasteiger partial charge on any atom is -0.490 e. The Morgan fingerprint density at radius 1 is 0.886 bits per heavy atom. The van der Waals surface area contributed by atoms with Gasteiger partial charge in [0.1, 0.15) is 6.61 Å². The first kappa shape index (κ1) is 23.7. The van der Waals surface area contributed by atoms with E-state index in [1.807, 2.05) is 56.4 Å². The highest BCUT2D eigenvalue weighted by atomic mass is 35.5. The number of ketones is 2. The third kappa shape index (κ3) is 4.38. The summed E-state index contributed by atoms with van der Waals surface area (Å²) in [7, 11) is 2.01. The van der Waals surface area contributed by atoms with Gasteiger partial charge in [0.2, 0.25) is 0 Å². The monoisotopic (exact) mass is 491 g/mol. The highest BCUT2D eigenvalue weighted by molar-refractivity contribution is 6.31. The predicted molar refractivity (Wildman–Crippen MR) is 136 cm³/mol. The highest BCUT2D eigenvalue weighted by Crippen LogP contribution is 2.49. The van der Waals surface area contributed by atoms with Gasteiger partial charge in [0, 0.05) is 58.9 Å². The van der Waals surface area contributed by atoms with Crippen molar-refractivity contribution in [3.63, 3.8) is 0 Å². The van der Waals surface area contributed by atoms with Crippen LogP contribution in [0.25, 0.3) is 0 Å². The zero-order chi connectivity index (χ0) is 24.5. The largest absolute Gasteiger partial charge is 0.490 e. The number of carbonyl (C=O) groups is 2. The minimum atomic E-state index is -0.353. The predicted octanol–water partition coefficient (Wildman–Crippen LogP) is 6.36. The summed E-state index contributed by atoms with van der Waals surface area (Å²) in [5.74, 6) is 1.15. The molecule has 6 heteroatoms. The van der Waals surface area contributed by atoms with Crippen molar-refractivity contribution < 1.29 is 19.1 Å². The Bertz CT molecular complexity index is 1200. The first-order valence-corrected chi connectivity index (χ1v) is 12.8. The van der Waals surface area contributed by atoms with Gasteiger partial charge in [-0.1, -0.05) is 35.9 Å². The molecule has 0 saturated heterocycles. The van der Waals surface area contributed by atoms with Gasteiger partial charge >= 0.3 is 0 Å². The Morgan fingerprint density at radius 2 is 1.54 bits per heavy atom. The Hall–Kier alpha value is -3.05. The fraction of sp³-hybridized carbons (Fsp3) is 0.379. The Kier molecular flexibility index (Phi) is 6.70. The smallest absolute Gasteiger partial charge is 0.161 e. The van der Waals surface area contributed by atoms with Crippen LogP contribution in [0.4, 0.5) is 0 Å². The van der Waals surface area contributed by atoms with Crippen LogP contribution >= 0.6 is 11.6 Å². The summed E-state index contributed by atoms with van der Waals surface area (Å²) in [5, 5.41) is 0.652. The fourth-order valence-electron chi connectivity index (χ4n) is 5.55. The van der Waals surface area contributed by atoms with Gasteiger partial charge in [-0.05, 0) is 56.4 Å². The van der Waals surface area contributed by atoms with E-state index in [0.29, 0.717) is 42.6 Å². The molecule has 3 aliphatic rings. The molecule has 0 amide bonds. The van der Waals surface area contributed by atoms with Gasteiger partial charge in [-0.3, -0.25) is 9.59 Å². The van der Waals surface area contributed by atoms with E-state index in [2.05, 4.69) is 4.90 Å². The maximum Gasteiger partial charge on any atom is 0.161 e. The molecule has 0 bridgehead atoms. The second kappa shape index (κ2) is 9.90. The standard InChI is InChI=1S/C29H30ClNO4/c1-3-34-26-16-18(14-15-25(26)35-17-19-8-4-5-9-20(19)30)27-28-21(10-6-12-23(28)32)31(2)22-11-7-13-24(33)29(22)27/h4-5,8-9,14-16,27H,3,6-7,10-13,17H2,1-2H3. The quantitative estimate of drug-likeness (QED) is 0.470. The molecular formula is C29H30ClNO4. The van der Waals surface area contributed by atoms with Crippen LogP contribution in [0.5, 0.6) is 11.5 Å². The summed E-state index contributed by atoms with van der Waals surface area (Å²) in [5.41, 5.74) is 5.48. The van der Waals surface area contributed by atoms with Gasteiger partial charge in [0.25, 0.3) is 0 Å². The van der Waals surface area contributed by atoms with E-state index in [1.54, 1.807) is 0 Å². The number of ether oxygens (including phenoxy) is 2. The molecular weight excluding hydrogens is 462 g/mol. The summed E-state index contributed by atoms with van der Waals surface area (Å²) in [6, 6.07) is 13.4. The topological polar surface area (TPSA) is 55.8 Å². The van der Waals surface area contributed by atoms with Crippen LogP contribution in [0.1, 0.15) is 62.5 Å². The van der Waals surface area contributed by atoms with E-state index >= 15 is 0 Å². The van der Waals surface area contributed by atoms with Crippen LogP contribution in [0.15, 0.2) is 65.0 Å². The third-order valence-corrected chi connectivity index (χ3v) is 7.56. The van der Waals surface area contributed by atoms with Crippen LogP contribution in [-0.4, -0.2) is 30.1 Å². The van der Waals surface area contributed by atoms with Crippen molar-refractivity contribution in [3.05, 3.63) is 81.2 Å².